The van der Waals surface area contributed by atoms with Crippen LogP contribution >= 0.6 is 23.2 Å². The number of hydroxylamine groups is 1. The summed E-state index contributed by atoms with van der Waals surface area (Å²) in [5.74, 6) is -0.820. The number of nitrogens with one attached hydrogen (secondary N) is 1. The summed E-state index contributed by atoms with van der Waals surface area (Å²) < 4.78 is 0. The Morgan fingerprint density at radius 1 is 1.00 bits per heavy atom. The van der Waals surface area contributed by atoms with Crippen molar-refractivity contribution in [3.63, 3.8) is 0 Å². The zero-order valence-corrected chi connectivity index (χ0v) is 13.9. The van der Waals surface area contributed by atoms with Gasteiger partial charge in [-0.25, -0.2) is 5.48 Å². The molecule has 2 rings (SSSR count). The molecule has 0 saturated carbocycles. The van der Waals surface area contributed by atoms with Gasteiger partial charge in [0.2, 0.25) is 0 Å². The van der Waals surface area contributed by atoms with Crippen molar-refractivity contribution >= 4 is 47.0 Å². The van der Waals surface area contributed by atoms with Crippen molar-refractivity contribution in [1.29, 1.82) is 0 Å². The van der Waals surface area contributed by atoms with Gasteiger partial charge in [-0.1, -0.05) is 47.5 Å². The summed E-state index contributed by atoms with van der Waals surface area (Å²) >= 11 is 12.0. The Bertz CT molecular complexity index is 829. The fourth-order valence-electron chi connectivity index (χ4n) is 1.89. The van der Waals surface area contributed by atoms with Crippen LogP contribution in [-0.4, -0.2) is 16.9 Å². The average Bonchev–Trinajstić information content (AvgIpc) is 2.58. The third-order valence-corrected chi connectivity index (χ3v) is 3.65. The van der Waals surface area contributed by atoms with Crippen molar-refractivity contribution in [2.75, 3.05) is 0 Å². The van der Waals surface area contributed by atoms with E-state index in [0.29, 0.717) is 26.7 Å². The second-order valence-electron chi connectivity index (χ2n) is 4.80. The van der Waals surface area contributed by atoms with Gasteiger partial charge in [0, 0.05) is 21.7 Å². The predicted octanol–water partition coefficient (Wildman–Crippen LogP) is 4.41. The van der Waals surface area contributed by atoms with Crippen molar-refractivity contribution < 1.29 is 14.8 Å². The van der Waals surface area contributed by atoms with E-state index >= 15 is 0 Å². The number of hydrogen-bond acceptors (Lipinski definition) is 3. The van der Waals surface area contributed by atoms with Crippen LogP contribution < -0.4 is 5.48 Å². The number of allylic oxidation sites excluding steroid dienone is 1. The van der Waals surface area contributed by atoms with Gasteiger partial charge < -0.3 is 0 Å². The lowest BCUT2D eigenvalue weighted by Gasteiger charge is -2.01. The smallest absolute Gasteiger partial charge is 0.267 e. The Labute approximate surface area is 149 Å². The number of carbonyl (C=O) groups excluding carboxylic acids is 2. The fourth-order valence-corrected chi connectivity index (χ4v) is 2.34. The lowest BCUT2D eigenvalue weighted by molar-refractivity contribution is -0.124. The first kappa shape index (κ1) is 17.9. The Morgan fingerprint density at radius 2 is 1.79 bits per heavy atom. The molecule has 0 heterocycles. The van der Waals surface area contributed by atoms with Crippen LogP contribution in [0.25, 0.3) is 12.2 Å². The zero-order valence-electron chi connectivity index (χ0n) is 12.4. The van der Waals surface area contributed by atoms with Crippen LogP contribution in [-0.2, 0) is 4.79 Å². The molecule has 6 heteroatoms. The molecule has 0 spiro atoms. The van der Waals surface area contributed by atoms with Crippen molar-refractivity contribution in [3.8, 4) is 0 Å². The first-order chi connectivity index (χ1) is 11.5. The van der Waals surface area contributed by atoms with Crippen molar-refractivity contribution in [2.24, 2.45) is 0 Å². The highest BCUT2D eigenvalue weighted by Gasteiger charge is 2.03. The molecule has 0 aliphatic carbocycles. The molecule has 2 aromatic rings. The van der Waals surface area contributed by atoms with Gasteiger partial charge in [-0.15, -0.1) is 0 Å². The minimum Gasteiger partial charge on any atom is -0.289 e. The molecule has 0 unspecified atom stereocenters. The first-order valence-electron chi connectivity index (χ1n) is 6.89. The topological polar surface area (TPSA) is 66.4 Å². The quantitative estimate of drug-likeness (QED) is 0.358. The minimum atomic E-state index is -0.637. The van der Waals surface area contributed by atoms with Crippen molar-refractivity contribution in [1.82, 2.24) is 5.48 Å². The van der Waals surface area contributed by atoms with E-state index in [1.807, 2.05) is 0 Å². The van der Waals surface area contributed by atoms with Crippen LogP contribution in [0.5, 0.6) is 0 Å². The summed E-state index contributed by atoms with van der Waals surface area (Å²) in [5, 5.41) is 9.34. The molecule has 0 bridgehead atoms. The number of rotatable bonds is 5. The highest BCUT2D eigenvalue weighted by atomic mass is 35.5. The van der Waals surface area contributed by atoms with E-state index in [-0.39, 0.29) is 5.78 Å². The Kier molecular flexibility index (Phi) is 6.32. The summed E-state index contributed by atoms with van der Waals surface area (Å²) in [7, 11) is 0. The van der Waals surface area contributed by atoms with Crippen LogP contribution in [0.2, 0.25) is 10.0 Å². The molecule has 0 aliphatic rings. The molecule has 2 N–H and O–H groups in total. The second kappa shape index (κ2) is 8.45. The molecule has 0 saturated heterocycles. The largest absolute Gasteiger partial charge is 0.289 e. The molecule has 0 aromatic heterocycles. The number of hydrogen-bond donors (Lipinski definition) is 2. The minimum absolute atomic E-state index is 0.183. The van der Waals surface area contributed by atoms with Gasteiger partial charge in [-0.05, 0) is 47.6 Å². The lowest BCUT2D eigenvalue weighted by Crippen LogP contribution is -2.14. The predicted molar refractivity (Wildman–Crippen MR) is 95.2 cm³/mol. The van der Waals surface area contributed by atoms with E-state index in [1.54, 1.807) is 48.5 Å². The van der Waals surface area contributed by atoms with Crippen LogP contribution in [0.3, 0.4) is 0 Å². The van der Waals surface area contributed by atoms with Gasteiger partial charge in [0.25, 0.3) is 5.91 Å². The molecule has 0 atom stereocenters. The molecule has 2 aromatic carbocycles. The molecule has 4 nitrogen and oxygen atoms in total. The molecule has 0 aliphatic heterocycles. The molecule has 24 heavy (non-hydrogen) atoms. The fraction of sp³-hybridized carbons (Fsp3) is 0. The van der Waals surface area contributed by atoms with Crippen LogP contribution in [0.4, 0.5) is 0 Å². The maximum absolute atomic E-state index is 12.1. The first-order valence-corrected chi connectivity index (χ1v) is 7.65. The van der Waals surface area contributed by atoms with E-state index in [2.05, 4.69) is 0 Å². The molecule has 122 valence electrons. The van der Waals surface area contributed by atoms with Crippen molar-refractivity contribution in [2.45, 2.75) is 0 Å². The number of amides is 1. The number of halogens is 2. The summed E-state index contributed by atoms with van der Waals surface area (Å²) in [4.78, 5) is 23.0. The summed E-state index contributed by atoms with van der Waals surface area (Å²) in [6.45, 7) is 0. The van der Waals surface area contributed by atoms with Gasteiger partial charge in [-0.3, -0.25) is 14.8 Å². The average molecular weight is 362 g/mol. The van der Waals surface area contributed by atoms with Crippen LogP contribution in [0.1, 0.15) is 21.5 Å². The van der Waals surface area contributed by atoms with Gasteiger partial charge >= 0.3 is 0 Å². The molecule has 1 amide bonds. The lowest BCUT2D eigenvalue weighted by atomic mass is 10.1. The van der Waals surface area contributed by atoms with Crippen LogP contribution in [0.15, 0.2) is 54.6 Å². The van der Waals surface area contributed by atoms with E-state index in [0.717, 1.165) is 0 Å². The highest BCUT2D eigenvalue weighted by molar-refractivity contribution is 6.32. The van der Waals surface area contributed by atoms with E-state index < -0.39 is 5.91 Å². The summed E-state index contributed by atoms with van der Waals surface area (Å²) in [5.41, 5.74) is 3.33. The number of benzene rings is 2. The van der Waals surface area contributed by atoms with Gasteiger partial charge in [-0.2, -0.15) is 0 Å². The second-order valence-corrected chi connectivity index (χ2v) is 5.64. The van der Waals surface area contributed by atoms with E-state index in [9.17, 15) is 9.59 Å². The Hall–Kier alpha value is -2.40. The molecule has 0 fully saturated rings. The Balaban J connectivity index is 2.14. The monoisotopic (exact) mass is 361 g/mol. The normalized spacial score (nSPS) is 11.1. The SMILES string of the molecule is O=C(/C=C/c1ccc(/C=C/C(=O)c2cccc(Cl)c2)c(Cl)c1)NO. The highest BCUT2D eigenvalue weighted by Crippen LogP contribution is 2.21. The maximum atomic E-state index is 12.1. The van der Waals surface area contributed by atoms with Gasteiger partial charge in [0.05, 0.1) is 0 Å². The summed E-state index contributed by atoms with van der Waals surface area (Å²) in [6.07, 6.45) is 5.70. The van der Waals surface area contributed by atoms with Gasteiger partial charge in [0.15, 0.2) is 5.78 Å². The van der Waals surface area contributed by atoms with Gasteiger partial charge in [0.1, 0.15) is 0 Å². The standard InChI is InChI=1S/C18H13Cl2NO3/c19-15-3-1-2-14(11-15)17(22)8-7-13-6-4-12(10-16(13)20)5-9-18(23)21-24/h1-11,24H,(H,21,23)/b8-7+,9-5+. The zero-order chi connectivity index (χ0) is 17.5. The summed E-state index contributed by atoms with van der Waals surface area (Å²) in [6, 6.07) is 11.8. The number of ketones is 1. The molecule has 0 radical (unpaired) electrons. The molecular formula is C18H13Cl2NO3. The van der Waals surface area contributed by atoms with E-state index in [1.165, 1.54) is 23.7 Å². The maximum Gasteiger partial charge on any atom is 0.267 e. The van der Waals surface area contributed by atoms with Crippen LogP contribution in [0, 0.1) is 0 Å². The van der Waals surface area contributed by atoms with Crippen molar-refractivity contribution in [3.05, 3.63) is 81.4 Å². The van der Waals surface area contributed by atoms with E-state index in [4.69, 9.17) is 28.4 Å². The molecular weight excluding hydrogens is 349 g/mol. The third kappa shape index (κ3) is 5.06. The number of carbonyl (C=O) groups is 2. The Morgan fingerprint density at radius 3 is 2.46 bits per heavy atom. The third-order valence-electron chi connectivity index (χ3n) is 3.09.